The first-order valence-corrected chi connectivity index (χ1v) is 5.68. The highest BCUT2D eigenvalue weighted by Crippen LogP contribution is 2.18. The maximum absolute atomic E-state index is 10.8. The predicted molar refractivity (Wildman–Crippen MR) is 53.1 cm³/mol. The number of thioether (sulfide) groups is 1. The summed E-state index contributed by atoms with van der Waals surface area (Å²) in [7, 11) is 0. The Balaban J connectivity index is 2.28. The maximum Gasteiger partial charge on any atom is 0.0885 e. The zero-order chi connectivity index (χ0) is 9.03. The topological polar surface area (TPSA) is 23.1 Å². The van der Waals surface area contributed by atoms with E-state index in [2.05, 4.69) is 18.7 Å². The van der Waals surface area contributed by atoms with Crippen molar-refractivity contribution < 1.29 is 5.11 Å². The molecular formula is C9H18NOS. The minimum absolute atomic E-state index is 0.0383. The van der Waals surface area contributed by atoms with Crippen LogP contribution in [0.25, 0.3) is 0 Å². The van der Waals surface area contributed by atoms with Crippen molar-refractivity contribution in [3.8, 4) is 0 Å². The van der Waals surface area contributed by atoms with E-state index in [1.54, 1.807) is 0 Å². The normalized spacial score (nSPS) is 21.2. The van der Waals surface area contributed by atoms with E-state index in [0.29, 0.717) is 0 Å². The van der Waals surface area contributed by atoms with Gasteiger partial charge in [-0.05, 0) is 0 Å². The Kier molecular flexibility index (Phi) is 3.87. The van der Waals surface area contributed by atoms with Gasteiger partial charge in [0.05, 0.1) is 6.61 Å². The highest BCUT2D eigenvalue weighted by Gasteiger charge is 2.22. The summed E-state index contributed by atoms with van der Waals surface area (Å²) in [6, 6.07) is 0. The predicted octanol–water partition coefficient (Wildman–Crippen LogP) is 1.49. The van der Waals surface area contributed by atoms with Crippen LogP contribution in [0.1, 0.15) is 13.8 Å². The van der Waals surface area contributed by atoms with E-state index in [1.165, 1.54) is 11.5 Å². The molecule has 2 nitrogen and oxygen atoms in total. The molecule has 0 N–H and O–H groups in total. The average molecular weight is 188 g/mol. The van der Waals surface area contributed by atoms with Crippen molar-refractivity contribution in [3.63, 3.8) is 0 Å². The molecule has 0 atom stereocenters. The van der Waals surface area contributed by atoms with Gasteiger partial charge in [0, 0.05) is 36.6 Å². The van der Waals surface area contributed by atoms with Gasteiger partial charge in [-0.1, -0.05) is 13.8 Å². The summed E-state index contributed by atoms with van der Waals surface area (Å²) >= 11 is 2.01. The SMILES string of the molecule is CC(C)(C[O])CN1CCSCC1. The molecule has 1 aliphatic rings. The third kappa shape index (κ3) is 3.33. The summed E-state index contributed by atoms with van der Waals surface area (Å²) in [5.41, 5.74) is -0.0397. The van der Waals surface area contributed by atoms with Gasteiger partial charge in [0.15, 0.2) is 0 Å². The molecule has 3 heteroatoms. The van der Waals surface area contributed by atoms with E-state index in [1.807, 2.05) is 11.8 Å². The van der Waals surface area contributed by atoms with Gasteiger partial charge in [0.1, 0.15) is 0 Å². The first-order valence-electron chi connectivity index (χ1n) is 4.52. The summed E-state index contributed by atoms with van der Waals surface area (Å²) in [4.78, 5) is 2.41. The Morgan fingerprint density at radius 1 is 1.33 bits per heavy atom. The Bertz CT molecular complexity index is 132. The van der Waals surface area contributed by atoms with Crippen molar-refractivity contribution in [2.45, 2.75) is 13.8 Å². The zero-order valence-corrected chi connectivity index (χ0v) is 8.82. The number of nitrogens with zero attached hydrogens (tertiary/aromatic N) is 1. The van der Waals surface area contributed by atoms with Gasteiger partial charge >= 0.3 is 0 Å². The maximum atomic E-state index is 10.8. The summed E-state index contributed by atoms with van der Waals surface area (Å²) in [5, 5.41) is 10.8. The summed E-state index contributed by atoms with van der Waals surface area (Å²) in [6.45, 7) is 7.44. The fourth-order valence-corrected chi connectivity index (χ4v) is 2.39. The molecule has 1 fully saturated rings. The van der Waals surface area contributed by atoms with Crippen molar-refractivity contribution in [1.29, 1.82) is 0 Å². The van der Waals surface area contributed by atoms with E-state index in [0.717, 1.165) is 19.6 Å². The Labute approximate surface area is 79.3 Å². The zero-order valence-electron chi connectivity index (χ0n) is 8.01. The molecule has 1 aliphatic heterocycles. The molecule has 1 rings (SSSR count). The van der Waals surface area contributed by atoms with Crippen molar-refractivity contribution in [1.82, 2.24) is 4.90 Å². The van der Waals surface area contributed by atoms with Gasteiger partial charge in [-0.15, -0.1) is 0 Å². The van der Waals surface area contributed by atoms with Gasteiger partial charge in [0.25, 0.3) is 0 Å². The second kappa shape index (κ2) is 4.49. The first-order chi connectivity index (χ1) is 5.64. The molecule has 0 aromatic rings. The van der Waals surface area contributed by atoms with E-state index in [9.17, 15) is 5.11 Å². The standard InChI is InChI=1S/C9H18NOS/c1-9(2,8-11)7-10-3-5-12-6-4-10/h3-8H2,1-2H3. The minimum Gasteiger partial charge on any atom is -0.301 e. The second-order valence-corrected chi connectivity index (χ2v) is 5.42. The quantitative estimate of drug-likeness (QED) is 0.670. The lowest BCUT2D eigenvalue weighted by molar-refractivity contribution is 0.0629. The van der Waals surface area contributed by atoms with Crippen molar-refractivity contribution in [2.24, 2.45) is 5.41 Å². The van der Waals surface area contributed by atoms with Crippen LogP contribution in [0.2, 0.25) is 0 Å². The van der Waals surface area contributed by atoms with E-state index < -0.39 is 0 Å². The molecule has 0 unspecified atom stereocenters. The Hall–Kier alpha value is 0.270. The third-order valence-electron chi connectivity index (χ3n) is 2.15. The fourth-order valence-electron chi connectivity index (χ4n) is 1.41. The average Bonchev–Trinajstić information content (AvgIpc) is 2.06. The molecule has 0 amide bonds. The molecule has 1 saturated heterocycles. The van der Waals surface area contributed by atoms with Crippen LogP contribution < -0.4 is 0 Å². The van der Waals surface area contributed by atoms with E-state index >= 15 is 0 Å². The first kappa shape index (κ1) is 10.4. The van der Waals surface area contributed by atoms with Crippen molar-refractivity contribution in [3.05, 3.63) is 0 Å². The van der Waals surface area contributed by atoms with Crippen LogP contribution in [0.5, 0.6) is 0 Å². The lowest BCUT2D eigenvalue weighted by atomic mass is 9.94. The molecule has 0 saturated carbocycles. The molecule has 0 aromatic heterocycles. The Morgan fingerprint density at radius 2 is 1.92 bits per heavy atom. The summed E-state index contributed by atoms with van der Waals surface area (Å²) in [5.74, 6) is 2.46. The van der Waals surface area contributed by atoms with Gasteiger partial charge in [0.2, 0.25) is 0 Å². The third-order valence-corrected chi connectivity index (χ3v) is 3.09. The molecule has 0 spiro atoms. The summed E-state index contributed by atoms with van der Waals surface area (Å²) in [6.07, 6.45) is 0. The van der Waals surface area contributed by atoms with Crippen LogP contribution in [-0.2, 0) is 5.11 Å². The monoisotopic (exact) mass is 188 g/mol. The van der Waals surface area contributed by atoms with Gasteiger partial charge < -0.3 is 4.90 Å². The largest absolute Gasteiger partial charge is 0.301 e. The lowest BCUT2D eigenvalue weighted by Gasteiger charge is -2.32. The molecule has 71 valence electrons. The lowest BCUT2D eigenvalue weighted by Crippen LogP contribution is -2.40. The number of rotatable bonds is 3. The van der Waals surface area contributed by atoms with Crippen LogP contribution in [0.3, 0.4) is 0 Å². The number of hydrogen-bond donors (Lipinski definition) is 0. The van der Waals surface area contributed by atoms with Crippen molar-refractivity contribution in [2.75, 3.05) is 37.7 Å². The van der Waals surface area contributed by atoms with Crippen LogP contribution in [0.4, 0.5) is 0 Å². The van der Waals surface area contributed by atoms with Crippen LogP contribution in [0, 0.1) is 5.41 Å². The van der Waals surface area contributed by atoms with Gasteiger partial charge in [-0.25, -0.2) is 5.11 Å². The molecule has 12 heavy (non-hydrogen) atoms. The highest BCUT2D eigenvalue weighted by atomic mass is 32.2. The molecule has 1 heterocycles. The van der Waals surface area contributed by atoms with E-state index in [4.69, 9.17) is 0 Å². The Morgan fingerprint density at radius 3 is 2.42 bits per heavy atom. The molecule has 0 aliphatic carbocycles. The van der Waals surface area contributed by atoms with Gasteiger partial charge in [-0.2, -0.15) is 11.8 Å². The van der Waals surface area contributed by atoms with Crippen molar-refractivity contribution >= 4 is 11.8 Å². The number of hydrogen-bond acceptors (Lipinski definition) is 2. The van der Waals surface area contributed by atoms with E-state index in [-0.39, 0.29) is 12.0 Å². The van der Waals surface area contributed by atoms with Crippen LogP contribution in [-0.4, -0.2) is 42.6 Å². The minimum atomic E-state index is -0.0397. The second-order valence-electron chi connectivity index (χ2n) is 4.20. The smallest absolute Gasteiger partial charge is 0.0885 e. The highest BCUT2D eigenvalue weighted by molar-refractivity contribution is 7.99. The molecular weight excluding hydrogens is 170 g/mol. The summed E-state index contributed by atoms with van der Waals surface area (Å²) < 4.78 is 0. The molecule has 0 aromatic carbocycles. The van der Waals surface area contributed by atoms with Crippen LogP contribution >= 0.6 is 11.8 Å². The molecule has 1 radical (unpaired) electrons. The van der Waals surface area contributed by atoms with Crippen LogP contribution in [0.15, 0.2) is 0 Å². The van der Waals surface area contributed by atoms with Gasteiger partial charge in [-0.3, -0.25) is 0 Å². The fraction of sp³-hybridized carbons (Fsp3) is 1.00. The molecule has 0 bridgehead atoms.